The average Bonchev–Trinajstić information content (AvgIpc) is 2.36. The van der Waals surface area contributed by atoms with Crippen molar-refractivity contribution in [1.82, 2.24) is 10.6 Å². The van der Waals surface area contributed by atoms with Gasteiger partial charge in [0, 0.05) is 25.8 Å². The number of hydrogen-bond donors (Lipinski definition) is 2. The van der Waals surface area contributed by atoms with Crippen LogP contribution in [0.3, 0.4) is 0 Å². The molecule has 0 aliphatic rings. The first kappa shape index (κ1) is 15.5. The van der Waals surface area contributed by atoms with Gasteiger partial charge < -0.3 is 15.5 Å². The first-order valence-electron chi connectivity index (χ1n) is 6.80. The molecule has 0 radical (unpaired) electrons. The minimum atomic E-state index is 0.0698. The van der Waals surface area contributed by atoms with Gasteiger partial charge in [-0.15, -0.1) is 0 Å². The fourth-order valence-electron chi connectivity index (χ4n) is 2.04. The van der Waals surface area contributed by atoms with Crippen molar-refractivity contribution < 1.29 is 4.79 Å². The highest BCUT2D eigenvalue weighted by atomic mass is 16.2. The lowest BCUT2D eigenvalue weighted by Gasteiger charge is -2.22. The van der Waals surface area contributed by atoms with E-state index < -0.39 is 0 Å². The van der Waals surface area contributed by atoms with Gasteiger partial charge in [-0.25, -0.2) is 0 Å². The summed E-state index contributed by atoms with van der Waals surface area (Å²) < 4.78 is 0. The van der Waals surface area contributed by atoms with Gasteiger partial charge in [-0.1, -0.05) is 24.6 Å². The Labute approximate surface area is 116 Å². The molecule has 0 bridgehead atoms. The quantitative estimate of drug-likeness (QED) is 0.786. The molecule has 0 aromatic heterocycles. The highest BCUT2D eigenvalue weighted by molar-refractivity contribution is 5.81. The van der Waals surface area contributed by atoms with Gasteiger partial charge in [-0.3, -0.25) is 4.79 Å². The molecule has 106 valence electrons. The van der Waals surface area contributed by atoms with Crippen LogP contribution in [0.5, 0.6) is 0 Å². The molecule has 4 heteroatoms. The Morgan fingerprint density at radius 1 is 1.37 bits per heavy atom. The van der Waals surface area contributed by atoms with Gasteiger partial charge in [-0.05, 0) is 32.0 Å². The summed E-state index contributed by atoms with van der Waals surface area (Å²) in [4.78, 5) is 13.8. The molecule has 0 unspecified atom stereocenters. The maximum absolute atomic E-state index is 11.8. The Kier molecular flexibility index (Phi) is 6.36. The van der Waals surface area contributed by atoms with Crippen molar-refractivity contribution in [3.05, 3.63) is 29.3 Å². The van der Waals surface area contributed by atoms with E-state index in [9.17, 15) is 4.79 Å². The van der Waals surface area contributed by atoms with E-state index in [1.807, 2.05) is 19.0 Å². The number of hydrogen-bond acceptors (Lipinski definition) is 3. The molecule has 1 rings (SSSR count). The van der Waals surface area contributed by atoms with Crippen LogP contribution in [0.2, 0.25) is 0 Å². The molecule has 19 heavy (non-hydrogen) atoms. The average molecular weight is 263 g/mol. The van der Waals surface area contributed by atoms with E-state index in [1.165, 1.54) is 11.1 Å². The third kappa shape index (κ3) is 4.91. The fourth-order valence-corrected chi connectivity index (χ4v) is 2.04. The number of carbonyl (C=O) groups is 1. The second kappa shape index (κ2) is 7.79. The topological polar surface area (TPSA) is 44.4 Å². The summed E-state index contributed by atoms with van der Waals surface area (Å²) in [6.07, 6.45) is 0.963. The van der Waals surface area contributed by atoms with Gasteiger partial charge in [0.05, 0.1) is 6.54 Å². The normalized spacial score (nSPS) is 10.3. The molecule has 1 aromatic rings. The minimum Gasteiger partial charge on any atom is -0.365 e. The lowest BCUT2D eigenvalue weighted by Crippen LogP contribution is -2.36. The van der Waals surface area contributed by atoms with E-state index in [4.69, 9.17) is 0 Å². The zero-order valence-electron chi connectivity index (χ0n) is 12.4. The van der Waals surface area contributed by atoms with Crippen LogP contribution in [0.4, 0.5) is 5.69 Å². The van der Waals surface area contributed by atoms with Crippen LogP contribution in [-0.2, 0) is 11.3 Å². The molecule has 1 amide bonds. The highest BCUT2D eigenvalue weighted by Crippen LogP contribution is 2.20. The van der Waals surface area contributed by atoms with Crippen LogP contribution in [0.1, 0.15) is 24.5 Å². The van der Waals surface area contributed by atoms with Crippen molar-refractivity contribution in [2.24, 2.45) is 0 Å². The number of carbonyl (C=O) groups excluding carboxylic acids is 1. The SMILES string of the molecule is CCCNC(=O)CN(C)c1ccc(C)cc1CNC. The van der Waals surface area contributed by atoms with Gasteiger partial charge in [-0.2, -0.15) is 0 Å². The van der Waals surface area contributed by atoms with E-state index in [0.717, 1.165) is 25.2 Å². The summed E-state index contributed by atoms with van der Waals surface area (Å²) in [6.45, 7) is 6.06. The molecule has 2 N–H and O–H groups in total. The lowest BCUT2D eigenvalue weighted by atomic mass is 10.1. The van der Waals surface area contributed by atoms with E-state index in [-0.39, 0.29) is 5.91 Å². The Balaban J connectivity index is 2.75. The van der Waals surface area contributed by atoms with Gasteiger partial charge in [0.2, 0.25) is 5.91 Å². The minimum absolute atomic E-state index is 0.0698. The molecule has 0 aliphatic carbocycles. The Morgan fingerprint density at radius 2 is 2.11 bits per heavy atom. The smallest absolute Gasteiger partial charge is 0.239 e. The third-order valence-electron chi connectivity index (χ3n) is 2.97. The highest BCUT2D eigenvalue weighted by Gasteiger charge is 2.10. The van der Waals surface area contributed by atoms with Crippen molar-refractivity contribution in [3.8, 4) is 0 Å². The van der Waals surface area contributed by atoms with Crippen molar-refractivity contribution in [2.75, 3.05) is 32.1 Å². The Bertz CT molecular complexity index is 418. The lowest BCUT2D eigenvalue weighted by molar-refractivity contribution is -0.119. The van der Waals surface area contributed by atoms with Crippen LogP contribution >= 0.6 is 0 Å². The van der Waals surface area contributed by atoms with E-state index in [1.54, 1.807) is 0 Å². The number of nitrogens with one attached hydrogen (secondary N) is 2. The molecule has 0 saturated carbocycles. The maximum Gasteiger partial charge on any atom is 0.239 e. The summed E-state index contributed by atoms with van der Waals surface area (Å²) in [5, 5.41) is 6.07. The molecule has 0 saturated heterocycles. The molecule has 0 heterocycles. The molecule has 1 aromatic carbocycles. The molecule has 0 atom stereocenters. The molecule has 0 aliphatic heterocycles. The molecular weight excluding hydrogens is 238 g/mol. The summed E-state index contributed by atoms with van der Waals surface area (Å²) in [7, 11) is 3.88. The zero-order chi connectivity index (χ0) is 14.3. The van der Waals surface area contributed by atoms with Crippen LogP contribution < -0.4 is 15.5 Å². The Hall–Kier alpha value is -1.55. The number of nitrogens with zero attached hydrogens (tertiary/aromatic N) is 1. The Morgan fingerprint density at radius 3 is 2.74 bits per heavy atom. The van der Waals surface area contributed by atoms with Crippen LogP contribution in [0.15, 0.2) is 18.2 Å². The summed E-state index contributed by atoms with van der Waals surface area (Å²) >= 11 is 0. The summed E-state index contributed by atoms with van der Waals surface area (Å²) in [5.74, 6) is 0.0698. The fraction of sp³-hybridized carbons (Fsp3) is 0.533. The van der Waals surface area contributed by atoms with E-state index >= 15 is 0 Å². The largest absolute Gasteiger partial charge is 0.365 e. The zero-order valence-corrected chi connectivity index (χ0v) is 12.4. The van der Waals surface area contributed by atoms with E-state index in [2.05, 4.69) is 42.7 Å². The monoisotopic (exact) mass is 263 g/mol. The number of benzene rings is 1. The predicted octanol–water partition coefficient (Wildman–Crippen LogP) is 1.68. The van der Waals surface area contributed by atoms with Gasteiger partial charge in [0.1, 0.15) is 0 Å². The third-order valence-corrected chi connectivity index (χ3v) is 2.97. The van der Waals surface area contributed by atoms with Gasteiger partial charge in [0.15, 0.2) is 0 Å². The van der Waals surface area contributed by atoms with Crippen molar-refractivity contribution >= 4 is 11.6 Å². The standard InChI is InChI=1S/C15H25N3O/c1-5-8-17-15(19)11-18(4)14-7-6-12(2)9-13(14)10-16-3/h6-7,9,16H,5,8,10-11H2,1-4H3,(H,17,19). The molecule has 0 fully saturated rings. The summed E-state index contributed by atoms with van der Waals surface area (Å²) in [5.41, 5.74) is 3.55. The van der Waals surface area contributed by atoms with Crippen LogP contribution in [-0.4, -0.2) is 33.1 Å². The number of anilines is 1. The van der Waals surface area contributed by atoms with Crippen LogP contribution in [0.25, 0.3) is 0 Å². The second-order valence-corrected chi connectivity index (χ2v) is 4.87. The number of rotatable bonds is 7. The molecular formula is C15H25N3O. The van der Waals surface area contributed by atoms with E-state index in [0.29, 0.717) is 6.54 Å². The number of aryl methyl sites for hydroxylation is 1. The number of amides is 1. The van der Waals surface area contributed by atoms with Crippen molar-refractivity contribution in [3.63, 3.8) is 0 Å². The van der Waals surface area contributed by atoms with Crippen molar-refractivity contribution in [2.45, 2.75) is 26.8 Å². The summed E-state index contributed by atoms with van der Waals surface area (Å²) in [6, 6.07) is 6.32. The maximum atomic E-state index is 11.8. The van der Waals surface area contributed by atoms with Gasteiger partial charge >= 0.3 is 0 Å². The molecule has 4 nitrogen and oxygen atoms in total. The second-order valence-electron chi connectivity index (χ2n) is 4.87. The first-order valence-corrected chi connectivity index (χ1v) is 6.80. The first-order chi connectivity index (χ1) is 9.08. The van der Waals surface area contributed by atoms with Crippen LogP contribution in [0, 0.1) is 6.92 Å². The van der Waals surface area contributed by atoms with Crippen molar-refractivity contribution in [1.29, 1.82) is 0 Å². The predicted molar refractivity (Wildman–Crippen MR) is 80.5 cm³/mol. The van der Waals surface area contributed by atoms with Gasteiger partial charge in [0.25, 0.3) is 0 Å². The molecule has 0 spiro atoms. The number of likely N-dealkylation sites (N-methyl/N-ethyl adjacent to an activating group) is 1.